The van der Waals surface area contributed by atoms with Gasteiger partial charge in [-0.15, -0.1) is 0 Å². The molecule has 3 rings (SSSR count). The molecular formula is C29H30Cl2N4O7. The molecule has 11 nitrogen and oxygen atoms in total. The summed E-state index contributed by atoms with van der Waals surface area (Å²) in [5.41, 5.74) is 0.125. The summed E-state index contributed by atoms with van der Waals surface area (Å²) in [5.74, 6) is -0.0390. The van der Waals surface area contributed by atoms with Crippen LogP contribution < -0.4 is 24.6 Å². The van der Waals surface area contributed by atoms with Gasteiger partial charge >= 0.3 is 12.2 Å². The maximum atomic E-state index is 13.4. The van der Waals surface area contributed by atoms with Gasteiger partial charge in [-0.05, 0) is 50.6 Å². The molecule has 0 aliphatic rings. The van der Waals surface area contributed by atoms with Gasteiger partial charge in [0.25, 0.3) is 0 Å². The SMILES string of the molecule is C=CC(=O)Nc1ccccc1N(C(=O)O)c1ccc(CN(C(=O)OC(C)(C)C)c2c(Cl)c(OC)cc(OC)c2Cl)cn1. The first kappa shape index (κ1) is 32.0. The fourth-order valence-electron chi connectivity index (χ4n) is 3.77. The highest BCUT2D eigenvalue weighted by Gasteiger charge is 2.30. The molecule has 0 spiro atoms. The molecule has 0 saturated carbocycles. The van der Waals surface area contributed by atoms with Crippen molar-refractivity contribution in [3.05, 3.63) is 76.9 Å². The highest BCUT2D eigenvalue weighted by Crippen LogP contribution is 2.47. The minimum Gasteiger partial charge on any atom is -0.495 e. The van der Waals surface area contributed by atoms with Gasteiger partial charge in [0.05, 0.1) is 37.8 Å². The van der Waals surface area contributed by atoms with Crippen molar-refractivity contribution in [3.8, 4) is 11.5 Å². The average molecular weight is 617 g/mol. The van der Waals surface area contributed by atoms with Crippen LogP contribution in [-0.4, -0.2) is 48.0 Å². The maximum Gasteiger partial charge on any atom is 0.417 e. The van der Waals surface area contributed by atoms with Crippen LogP contribution in [0.2, 0.25) is 10.0 Å². The number of ether oxygens (including phenoxy) is 3. The summed E-state index contributed by atoms with van der Waals surface area (Å²) in [4.78, 5) is 44.1. The van der Waals surface area contributed by atoms with E-state index < -0.39 is 23.7 Å². The molecular weight excluding hydrogens is 587 g/mol. The van der Waals surface area contributed by atoms with Crippen LogP contribution in [0.1, 0.15) is 26.3 Å². The normalized spacial score (nSPS) is 10.8. The first-order chi connectivity index (χ1) is 19.8. The van der Waals surface area contributed by atoms with Gasteiger partial charge in [0.15, 0.2) is 0 Å². The van der Waals surface area contributed by atoms with E-state index >= 15 is 0 Å². The Morgan fingerprint density at radius 2 is 1.67 bits per heavy atom. The number of rotatable bonds is 9. The average Bonchev–Trinajstić information content (AvgIpc) is 2.93. The predicted molar refractivity (Wildman–Crippen MR) is 162 cm³/mol. The second kappa shape index (κ2) is 13.5. The Morgan fingerprint density at radius 1 is 1.05 bits per heavy atom. The van der Waals surface area contributed by atoms with Crippen molar-refractivity contribution < 1.29 is 33.7 Å². The quantitative estimate of drug-likeness (QED) is 0.240. The van der Waals surface area contributed by atoms with Crippen molar-refractivity contribution in [2.75, 3.05) is 29.3 Å². The van der Waals surface area contributed by atoms with Crippen LogP contribution in [0.5, 0.6) is 11.5 Å². The Morgan fingerprint density at radius 3 is 2.17 bits per heavy atom. The zero-order chi connectivity index (χ0) is 31.2. The Labute approximate surface area is 253 Å². The molecule has 0 bridgehead atoms. The van der Waals surface area contributed by atoms with E-state index in [2.05, 4.69) is 16.9 Å². The lowest BCUT2D eigenvalue weighted by molar-refractivity contribution is -0.111. The number of hydrogen-bond acceptors (Lipinski definition) is 7. The molecule has 0 aliphatic heterocycles. The van der Waals surface area contributed by atoms with Crippen molar-refractivity contribution in [2.24, 2.45) is 0 Å². The zero-order valence-corrected chi connectivity index (χ0v) is 25.1. The van der Waals surface area contributed by atoms with Gasteiger partial charge in [0, 0.05) is 12.3 Å². The molecule has 2 N–H and O–H groups in total. The predicted octanol–water partition coefficient (Wildman–Crippen LogP) is 7.29. The van der Waals surface area contributed by atoms with Crippen molar-refractivity contribution >= 4 is 64.2 Å². The molecule has 1 aromatic heterocycles. The molecule has 222 valence electrons. The monoisotopic (exact) mass is 616 g/mol. The smallest absolute Gasteiger partial charge is 0.417 e. The van der Waals surface area contributed by atoms with Gasteiger partial charge in [-0.2, -0.15) is 0 Å². The van der Waals surface area contributed by atoms with Crippen LogP contribution in [0, 0.1) is 0 Å². The molecule has 3 amide bonds. The molecule has 2 aromatic carbocycles. The number of anilines is 4. The number of amides is 3. The van der Waals surface area contributed by atoms with Gasteiger partial charge in [-0.25, -0.2) is 19.5 Å². The number of carboxylic acid groups (broad SMARTS) is 1. The van der Waals surface area contributed by atoms with E-state index in [-0.39, 0.29) is 51.0 Å². The lowest BCUT2D eigenvalue weighted by Crippen LogP contribution is -2.37. The van der Waals surface area contributed by atoms with Crippen LogP contribution in [0.3, 0.4) is 0 Å². The van der Waals surface area contributed by atoms with Gasteiger partial charge in [-0.3, -0.25) is 9.69 Å². The number of nitrogens with one attached hydrogen (secondary N) is 1. The van der Waals surface area contributed by atoms with E-state index in [9.17, 15) is 19.5 Å². The zero-order valence-electron chi connectivity index (χ0n) is 23.6. The third kappa shape index (κ3) is 7.42. The lowest BCUT2D eigenvalue weighted by Gasteiger charge is -2.29. The highest BCUT2D eigenvalue weighted by atomic mass is 35.5. The fraction of sp³-hybridized carbons (Fsp3) is 0.241. The van der Waals surface area contributed by atoms with E-state index in [4.69, 9.17) is 37.4 Å². The molecule has 1 heterocycles. The minimum atomic E-state index is -1.34. The molecule has 0 unspecified atom stereocenters. The minimum absolute atomic E-state index is 0.0366. The standard InChI is InChI=1S/C29H30Cl2N4O7/c1-7-23(36)33-18-10-8-9-11-19(18)35(27(37)38)22-13-12-17(15-32-22)16-34(28(39)42-29(2,3)4)26-24(30)20(40-5)14-21(41-6)25(26)31/h7-15H,1,16H2,2-6H3,(H,33,36)(H,37,38). The fourth-order valence-corrected chi connectivity index (χ4v) is 4.47. The number of carbonyl (C=O) groups excluding carboxylic acids is 2. The second-order valence-corrected chi connectivity index (χ2v) is 10.4. The van der Waals surface area contributed by atoms with E-state index in [1.807, 2.05) is 0 Å². The van der Waals surface area contributed by atoms with Crippen LogP contribution in [0.15, 0.2) is 61.3 Å². The second-order valence-electron chi connectivity index (χ2n) is 9.68. The largest absolute Gasteiger partial charge is 0.495 e. The van der Waals surface area contributed by atoms with Gasteiger partial charge in [0.2, 0.25) is 5.91 Å². The number of benzene rings is 2. The number of halogens is 2. The molecule has 42 heavy (non-hydrogen) atoms. The summed E-state index contributed by atoms with van der Waals surface area (Å²) in [6, 6.07) is 10.9. The number of hydrogen-bond donors (Lipinski definition) is 2. The van der Waals surface area contributed by atoms with Crippen LogP contribution in [0.25, 0.3) is 0 Å². The highest BCUT2D eigenvalue weighted by molar-refractivity contribution is 6.41. The Kier molecular flexibility index (Phi) is 10.3. The summed E-state index contributed by atoms with van der Waals surface area (Å²) < 4.78 is 16.3. The van der Waals surface area contributed by atoms with E-state index in [1.165, 1.54) is 43.5 Å². The summed E-state index contributed by atoms with van der Waals surface area (Å²) in [7, 11) is 2.82. The maximum absolute atomic E-state index is 13.4. The number of methoxy groups -OCH3 is 2. The van der Waals surface area contributed by atoms with Crippen molar-refractivity contribution in [1.29, 1.82) is 0 Å². The Bertz CT molecular complexity index is 1460. The third-order valence-electron chi connectivity index (χ3n) is 5.59. The van der Waals surface area contributed by atoms with E-state index in [0.29, 0.717) is 5.56 Å². The molecule has 0 fully saturated rings. The number of pyridine rings is 1. The van der Waals surface area contributed by atoms with E-state index in [0.717, 1.165) is 11.0 Å². The number of aromatic nitrogens is 1. The molecule has 0 atom stereocenters. The Balaban J connectivity index is 2.06. The van der Waals surface area contributed by atoms with Crippen LogP contribution in [0.4, 0.5) is 32.5 Å². The van der Waals surface area contributed by atoms with E-state index in [1.54, 1.807) is 45.0 Å². The molecule has 0 saturated heterocycles. The van der Waals surface area contributed by atoms with Crippen molar-refractivity contribution in [3.63, 3.8) is 0 Å². The summed E-state index contributed by atoms with van der Waals surface area (Å²) in [6.45, 7) is 8.44. The molecule has 13 heteroatoms. The molecule has 0 aliphatic carbocycles. The van der Waals surface area contributed by atoms with Gasteiger partial charge in [-0.1, -0.05) is 48.0 Å². The van der Waals surface area contributed by atoms with Crippen molar-refractivity contribution in [1.82, 2.24) is 4.98 Å². The van der Waals surface area contributed by atoms with Gasteiger partial charge in [0.1, 0.15) is 33.0 Å². The topological polar surface area (TPSA) is 131 Å². The first-order valence-corrected chi connectivity index (χ1v) is 13.2. The first-order valence-electron chi connectivity index (χ1n) is 12.4. The number of para-hydroxylation sites is 2. The third-order valence-corrected chi connectivity index (χ3v) is 6.32. The number of nitrogens with zero attached hydrogens (tertiary/aromatic N) is 3. The van der Waals surface area contributed by atoms with Crippen LogP contribution >= 0.6 is 23.2 Å². The van der Waals surface area contributed by atoms with Gasteiger partial charge < -0.3 is 24.6 Å². The summed E-state index contributed by atoms with van der Waals surface area (Å²) in [6.07, 6.45) is 0.367. The summed E-state index contributed by atoms with van der Waals surface area (Å²) >= 11 is 13.2. The molecule has 3 aromatic rings. The van der Waals surface area contributed by atoms with Crippen LogP contribution in [-0.2, 0) is 16.1 Å². The molecule has 0 radical (unpaired) electrons. The Hall–Kier alpha value is -4.48. The summed E-state index contributed by atoms with van der Waals surface area (Å²) in [5, 5.41) is 12.7. The lowest BCUT2D eigenvalue weighted by atomic mass is 10.2. The number of carbonyl (C=O) groups is 3. The van der Waals surface area contributed by atoms with Crippen molar-refractivity contribution in [2.45, 2.75) is 32.9 Å².